The first-order chi connectivity index (χ1) is 11.1. The molecule has 0 rings (SSSR count). The molecule has 0 aromatic heterocycles. The highest BCUT2D eigenvalue weighted by Gasteiger charge is 1.95. The lowest BCUT2D eigenvalue weighted by Crippen LogP contribution is -1.89. The SMILES string of the molecule is CCCCC(C)CC.CCCCC(C)CC.O.O=C(O)O.O=C(O)O. The summed E-state index contributed by atoms with van der Waals surface area (Å²) in [7, 11) is 0. The first kappa shape index (κ1) is 34.8. The molecule has 2 atom stereocenters. The number of hydrogen-bond donors (Lipinski definition) is 4. The highest BCUT2D eigenvalue weighted by molar-refractivity contribution is 5.53. The van der Waals surface area contributed by atoms with Gasteiger partial charge in [0.2, 0.25) is 0 Å². The molecule has 0 aliphatic heterocycles. The lowest BCUT2D eigenvalue weighted by Gasteiger charge is -2.04. The molecule has 0 amide bonds. The largest absolute Gasteiger partial charge is 0.503 e. The molecule has 156 valence electrons. The van der Waals surface area contributed by atoms with E-state index in [2.05, 4.69) is 41.5 Å². The number of hydrogen-bond acceptors (Lipinski definition) is 2. The van der Waals surface area contributed by atoms with Crippen LogP contribution in [0.1, 0.15) is 92.9 Å². The van der Waals surface area contributed by atoms with Crippen LogP contribution in [0.2, 0.25) is 0 Å². The van der Waals surface area contributed by atoms with Gasteiger partial charge in [0.25, 0.3) is 0 Å². The number of unbranched alkanes of at least 4 members (excludes halogenated alkanes) is 2. The fourth-order valence-corrected chi connectivity index (χ4v) is 1.51. The third-order valence-corrected chi connectivity index (χ3v) is 3.49. The fourth-order valence-electron chi connectivity index (χ4n) is 1.51. The van der Waals surface area contributed by atoms with E-state index < -0.39 is 12.3 Å². The van der Waals surface area contributed by atoms with Gasteiger partial charge in [0.15, 0.2) is 0 Å². The van der Waals surface area contributed by atoms with Crippen LogP contribution in [0.3, 0.4) is 0 Å². The zero-order chi connectivity index (χ0) is 20.0. The summed E-state index contributed by atoms with van der Waals surface area (Å²) in [6, 6.07) is 0. The number of rotatable bonds is 8. The van der Waals surface area contributed by atoms with Gasteiger partial charge in [0.1, 0.15) is 0 Å². The molecule has 0 aliphatic carbocycles. The van der Waals surface area contributed by atoms with Gasteiger partial charge in [-0.3, -0.25) is 0 Å². The van der Waals surface area contributed by atoms with Crippen LogP contribution in [-0.4, -0.2) is 38.2 Å². The molecule has 0 saturated heterocycles. The average molecular weight is 371 g/mol. The molecule has 0 aromatic carbocycles. The monoisotopic (exact) mass is 370 g/mol. The first-order valence-corrected chi connectivity index (χ1v) is 8.92. The van der Waals surface area contributed by atoms with Gasteiger partial charge in [-0.2, -0.15) is 0 Å². The quantitative estimate of drug-likeness (QED) is 0.408. The predicted molar refractivity (Wildman–Crippen MR) is 103 cm³/mol. The zero-order valence-corrected chi connectivity index (χ0v) is 16.9. The van der Waals surface area contributed by atoms with E-state index in [9.17, 15) is 0 Å². The van der Waals surface area contributed by atoms with Crippen molar-refractivity contribution in [2.45, 2.75) is 92.9 Å². The van der Waals surface area contributed by atoms with E-state index in [1.165, 1.54) is 51.4 Å². The van der Waals surface area contributed by atoms with Crippen LogP contribution in [0, 0.1) is 11.8 Å². The molecule has 25 heavy (non-hydrogen) atoms. The van der Waals surface area contributed by atoms with Gasteiger partial charge in [-0.05, 0) is 11.8 Å². The molecule has 0 radical (unpaired) electrons. The Hall–Kier alpha value is -1.50. The zero-order valence-electron chi connectivity index (χ0n) is 16.9. The third kappa shape index (κ3) is 85.8. The van der Waals surface area contributed by atoms with Crippen LogP contribution in [0.25, 0.3) is 0 Å². The molecule has 7 heteroatoms. The van der Waals surface area contributed by atoms with Gasteiger partial charge in [-0.1, -0.05) is 92.9 Å². The Balaban J connectivity index is -0.0000000739. The van der Waals surface area contributed by atoms with Crippen molar-refractivity contribution in [2.75, 3.05) is 0 Å². The lowest BCUT2D eigenvalue weighted by molar-refractivity contribution is 0.135. The van der Waals surface area contributed by atoms with Gasteiger partial charge in [-0.15, -0.1) is 0 Å². The van der Waals surface area contributed by atoms with E-state index in [0.29, 0.717) is 0 Å². The minimum atomic E-state index is -1.83. The molecule has 2 unspecified atom stereocenters. The summed E-state index contributed by atoms with van der Waals surface area (Å²) in [5, 5.41) is 27.9. The Morgan fingerprint density at radius 2 is 0.880 bits per heavy atom. The van der Waals surface area contributed by atoms with Gasteiger partial charge in [-0.25, -0.2) is 9.59 Å². The van der Waals surface area contributed by atoms with Crippen LogP contribution < -0.4 is 0 Å². The van der Waals surface area contributed by atoms with E-state index >= 15 is 0 Å². The summed E-state index contributed by atoms with van der Waals surface area (Å²) in [6.45, 7) is 13.7. The lowest BCUT2D eigenvalue weighted by atomic mass is 10.0. The van der Waals surface area contributed by atoms with Crippen LogP contribution in [0.5, 0.6) is 0 Å². The summed E-state index contributed by atoms with van der Waals surface area (Å²) in [5.74, 6) is 1.91. The molecule has 6 N–H and O–H groups in total. The summed E-state index contributed by atoms with van der Waals surface area (Å²) < 4.78 is 0. The van der Waals surface area contributed by atoms with E-state index in [0.717, 1.165) is 11.8 Å². The van der Waals surface area contributed by atoms with Crippen molar-refractivity contribution in [3.63, 3.8) is 0 Å². The Kier molecular flexibility index (Phi) is 42.3. The van der Waals surface area contributed by atoms with Gasteiger partial charge in [0.05, 0.1) is 0 Å². The van der Waals surface area contributed by atoms with Crippen molar-refractivity contribution in [2.24, 2.45) is 11.8 Å². The Labute approximate surface area is 153 Å². The van der Waals surface area contributed by atoms with E-state index in [1.54, 1.807) is 0 Å². The van der Waals surface area contributed by atoms with Crippen LogP contribution >= 0.6 is 0 Å². The normalized spacial score (nSPS) is 10.8. The number of carboxylic acid groups (broad SMARTS) is 4. The maximum Gasteiger partial charge on any atom is 0.503 e. The van der Waals surface area contributed by atoms with Gasteiger partial charge >= 0.3 is 12.3 Å². The molecule has 0 bridgehead atoms. The standard InChI is InChI=1S/2C8H18.2CH2O3.H2O/c2*1-4-6-7-8(3)5-2;2*2-1(3)4;/h2*8H,4-7H2,1-3H3;2*(H2,2,3,4);1H2. The van der Waals surface area contributed by atoms with E-state index in [4.69, 9.17) is 30.0 Å². The maximum absolute atomic E-state index is 8.56. The van der Waals surface area contributed by atoms with Gasteiger partial charge in [0, 0.05) is 0 Å². The Morgan fingerprint density at radius 3 is 1.00 bits per heavy atom. The molecule has 0 spiro atoms. The second-order valence-corrected chi connectivity index (χ2v) is 5.88. The van der Waals surface area contributed by atoms with E-state index in [1.807, 2.05) is 0 Å². The predicted octanol–water partition coefficient (Wildman–Crippen LogP) is 6.07. The van der Waals surface area contributed by atoms with Crippen molar-refractivity contribution in [1.29, 1.82) is 0 Å². The third-order valence-electron chi connectivity index (χ3n) is 3.49. The van der Waals surface area contributed by atoms with Crippen LogP contribution in [0.15, 0.2) is 0 Å². The van der Waals surface area contributed by atoms with Crippen LogP contribution in [0.4, 0.5) is 9.59 Å². The van der Waals surface area contributed by atoms with Gasteiger partial charge < -0.3 is 25.9 Å². The number of carbonyl (C=O) groups is 2. The average Bonchev–Trinajstić information content (AvgIpc) is 2.49. The van der Waals surface area contributed by atoms with E-state index in [-0.39, 0.29) is 5.48 Å². The molecule has 0 saturated carbocycles. The highest BCUT2D eigenvalue weighted by atomic mass is 16.6. The molecule has 0 heterocycles. The Morgan fingerprint density at radius 1 is 0.680 bits per heavy atom. The molecular formula is C18H42O7. The summed E-state index contributed by atoms with van der Waals surface area (Å²) >= 11 is 0. The van der Waals surface area contributed by atoms with Crippen molar-refractivity contribution >= 4 is 12.3 Å². The van der Waals surface area contributed by atoms with Crippen molar-refractivity contribution in [1.82, 2.24) is 0 Å². The molecule has 0 aliphatic rings. The first-order valence-electron chi connectivity index (χ1n) is 8.92. The molecule has 0 fully saturated rings. The van der Waals surface area contributed by atoms with Crippen molar-refractivity contribution in [3.8, 4) is 0 Å². The molecule has 0 aromatic rings. The summed E-state index contributed by atoms with van der Waals surface area (Å²) in [4.78, 5) is 17.1. The molecular weight excluding hydrogens is 328 g/mol. The highest BCUT2D eigenvalue weighted by Crippen LogP contribution is 2.10. The maximum atomic E-state index is 8.56. The topological polar surface area (TPSA) is 147 Å². The Bertz CT molecular complexity index is 224. The second kappa shape index (κ2) is 30.4. The van der Waals surface area contributed by atoms with Crippen molar-refractivity contribution < 1.29 is 35.5 Å². The smallest absolute Gasteiger partial charge is 0.450 e. The summed E-state index contributed by atoms with van der Waals surface area (Å²) in [5.41, 5.74) is 0. The minimum absolute atomic E-state index is 0. The molecule has 7 nitrogen and oxygen atoms in total. The van der Waals surface area contributed by atoms with Crippen LogP contribution in [-0.2, 0) is 0 Å². The second-order valence-electron chi connectivity index (χ2n) is 5.88. The fraction of sp³-hybridized carbons (Fsp3) is 0.889. The summed E-state index contributed by atoms with van der Waals surface area (Å²) in [6.07, 6.45) is 7.40. The van der Waals surface area contributed by atoms with Crippen molar-refractivity contribution in [3.05, 3.63) is 0 Å². The minimum Gasteiger partial charge on any atom is -0.450 e.